The van der Waals surface area contributed by atoms with Crippen LogP contribution < -0.4 is 21.8 Å². The Morgan fingerprint density at radius 3 is 2.38 bits per heavy atom. The van der Waals surface area contributed by atoms with Crippen molar-refractivity contribution in [3.05, 3.63) is 32.7 Å². The number of carbonyl (C=O) groups is 8. The highest BCUT2D eigenvalue weighted by Crippen LogP contribution is 2.49. The van der Waals surface area contributed by atoms with Gasteiger partial charge in [-0.2, -0.15) is 0 Å². The number of thioether (sulfide) groups is 1. The highest BCUT2D eigenvalue weighted by Gasteiger charge is 2.66. The number of aromatic hydroxyl groups is 2. The third-order valence-corrected chi connectivity index (χ3v) is 11.9. The van der Waals surface area contributed by atoms with Crippen molar-refractivity contribution in [2.45, 2.75) is 41.2 Å². The molecule has 1 saturated carbocycles. The lowest BCUT2D eigenvalue weighted by molar-refractivity contribution is -0.153. The average Bonchev–Trinajstić information content (AvgIpc) is 3.57. The first-order valence-electron chi connectivity index (χ1n) is 15.8. The second-order valence-electron chi connectivity index (χ2n) is 12.3. The number of phenols is 2. The number of urea groups is 1. The molecule has 1 aromatic heterocycles. The average molecular weight is 845 g/mol. The molecule has 2 aromatic rings. The van der Waals surface area contributed by atoms with Gasteiger partial charge in [-0.3, -0.25) is 34.3 Å². The number of carboxylic acids is 2. The number of aromatic nitrogens is 1. The van der Waals surface area contributed by atoms with Crippen molar-refractivity contribution in [3.63, 3.8) is 0 Å². The van der Waals surface area contributed by atoms with Crippen LogP contribution in [-0.4, -0.2) is 141 Å². The third-order valence-electron chi connectivity index (χ3n) is 8.80. The monoisotopic (exact) mass is 843 g/mol. The van der Waals surface area contributed by atoms with Crippen molar-refractivity contribution in [1.29, 1.82) is 0 Å². The number of ketones is 1. The van der Waals surface area contributed by atoms with Crippen molar-refractivity contribution in [1.82, 2.24) is 35.9 Å². The van der Waals surface area contributed by atoms with E-state index >= 15 is 0 Å². The smallest absolute Gasteiger partial charge is 0.350 e. The molecule has 6 amide bonds. The molecule has 26 heteroatoms. The number of phenolic OH excluding ortho intramolecular Hbond substituents is 2. The van der Waals surface area contributed by atoms with Crippen LogP contribution >= 0.6 is 46.3 Å². The number of nitrogens with one attached hydrogen (secondary N) is 3. The number of nitrogens with two attached hydrogens (primary N) is 1. The molecule has 0 spiro atoms. The predicted octanol–water partition coefficient (Wildman–Crippen LogP) is -0.880. The second-order valence-corrected chi connectivity index (χ2v) is 15.7. The number of rotatable bonds is 14. The number of hydrogen-bond donors (Lipinski definition) is 8. The van der Waals surface area contributed by atoms with Crippen molar-refractivity contribution in [3.8, 4) is 11.5 Å². The van der Waals surface area contributed by atoms with Gasteiger partial charge in [0.1, 0.15) is 21.4 Å². The number of nitrogen functional groups attached to an aromatic ring is 1. The molecule has 0 radical (unpaired) electrons. The summed E-state index contributed by atoms with van der Waals surface area (Å²) in [6.45, 7) is -1.26. The van der Waals surface area contributed by atoms with Crippen LogP contribution in [0.25, 0.3) is 0 Å². The van der Waals surface area contributed by atoms with Crippen molar-refractivity contribution in [2.24, 2.45) is 5.16 Å². The number of carbonyl (C=O) groups excluding carboxylic acids is 6. The number of hydrazine groups is 1. The van der Waals surface area contributed by atoms with Gasteiger partial charge in [0.2, 0.25) is 22.3 Å². The minimum atomic E-state index is -2.05. The highest BCUT2D eigenvalue weighted by atomic mass is 35.5. The number of amides is 6. The van der Waals surface area contributed by atoms with Crippen molar-refractivity contribution in [2.75, 3.05) is 31.9 Å². The van der Waals surface area contributed by atoms with E-state index in [-0.39, 0.29) is 47.6 Å². The van der Waals surface area contributed by atoms with Crippen LogP contribution in [0.3, 0.4) is 0 Å². The van der Waals surface area contributed by atoms with E-state index in [0.29, 0.717) is 11.8 Å². The summed E-state index contributed by atoms with van der Waals surface area (Å²) >= 11 is 13.5. The Morgan fingerprint density at radius 2 is 1.76 bits per heavy atom. The van der Waals surface area contributed by atoms with E-state index in [1.165, 1.54) is 0 Å². The van der Waals surface area contributed by atoms with Gasteiger partial charge in [0, 0.05) is 32.4 Å². The Labute approximate surface area is 325 Å². The summed E-state index contributed by atoms with van der Waals surface area (Å²) in [6.07, 6.45) is -0.208. The zero-order valence-electron chi connectivity index (χ0n) is 27.6. The van der Waals surface area contributed by atoms with E-state index < -0.39 is 110 Å². The molecule has 3 aliphatic heterocycles. The third kappa shape index (κ3) is 7.07. The lowest BCUT2D eigenvalue weighted by Crippen LogP contribution is -2.68. The van der Waals surface area contributed by atoms with E-state index in [4.69, 9.17) is 33.8 Å². The second kappa shape index (κ2) is 14.6. The fraction of sp³-hybridized carbons (Fsp3) is 0.379. The Morgan fingerprint density at radius 1 is 1.05 bits per heavy atom. The van der Waals surface area contributed by atoms with Gasteiger partial charge in [-0.05, 0) is 12.1 Å². The molecule has 1 unspecified atom stereocenters. The normalized spacial score (nSPS) is 22.4. The van der Waals surface area contributed by atoms with Crippen LogP contribution in [0.4, 0.5) is 9.93 Å². The standard InChI is InChI=1S/C29H27Cl2N9O13S2/c30-13-10(1-2-11(41)18(13)44)17(43)21(46)33-6-3-12(42)36-40-8-7-39(27(40)52)29(25(50)51)9-38-22(47)16(23(38)55-29)34-20(45)15(14-19(31)54-26(32)35-14)37-53-28(4-5-28)24(48)49/h1-2,16,23,41,44H,3-9H2,(H2,32,35)(H,33,46)(H,34,45)(H,36,42)(H,48,49)(H,50,51)/b37-15-/t16-,23?,29-/m1/s1. The number of Topliss-reactive ketones (excluding diaryl/α,β-unsaturated/α-hetero) is 1. The topological polar surface area (TPSA) is 324 Å². The van der Waals surface area contributed by atoms with E-state index in [2.05, 4.69) is 26.2 Å². The fourth-order valence-corrected chi connectivity index (χ4v) is 8.48. The number of aliphatic carboxylic acids is 2. The molecule has 55 heavy (non-hydrogen) atoms. The van der Waals surface area contributed by atoms with E-state index in [1.54, 1.807) is 0 Å². The number of oxime groups is 1. The largest absolute Gasteiger partial charge is 0.504 e. The molecule has 3 saturated heterocycles. The van der Waals surface area contributed by atoms with E-state index in [0.717, 1.165) is 38.3 Å². The molecular formula is C29H27Cl2N9O13S2. The predicted molar refractivity (Wildman–Crippen MR) is 188 cm³/mol. The summed E-state index contributed by atoms with van der Waals surface area (Å²) in [5.41, 5.74) is 5.12. The quantitative estimate of drug-likeness (QED) is 0.0286. The number of halogens is 2. The first kappa shape index (κ1) is 39.1. The molecule has 1 aliphatic carbocycles. The van der Waals surface area contributed by atoms with Crippen LogP contribution in [0, 0.1) is 0 Å². The fourth-order valence-electron chi connectivity index (χ4n) is 5.67. The van der Waals surface area contributed by atoms with Gasteiger partial charge in [0.05, 0.1) is 23.7 Å². The van der Waals surface area contributed by atoms with Crippen LogP contribution in [0.15, 0.2) is 17.3 Å². The number of benzene rings is 1. The van der Waals surface area contributed by atoms with Gasteiger partial charge in [-0.1, -0.05) is 51.5 Å². The van der Waals surface area contributed by atoms with Gasteiger partial charge < -0.3 is 46.5 Å². The lowest BCUT2D eigenvalue weighted by atomic mass is 10.1. The molecule has 4 fully saturated rings. The molecule has 292 valence electrons. The summed E-state index contributed by atoms with van der Waals surface area (Å²) in [5.74, 6) is -9.13. The molecule has 6 rings (SSSR count). The summed E-state index contributed by atoms with van der Waals surface area (Å²) in [4.78, 5) is 111. The van der Waals surface area contributed by atoms with E-state index in [9.17, 15) is 58.8 Å². The Kier molecular flexibility index (Phi) is 10.4. The van der Waals surface area contributed by atoms with Crippen molar-refractivity contribution >= 4 is 105 Å². The maximum absolute atomic E-state index is 13.5. The van der Waals surface area contributed by atoms with Crippen LogP contribution in [-0.2, 0) is 33.6 Å². The molecule has 9 N–H and O–H groups in total. The number of fused-ring (bicyclic) bond motifs is 1. The maximum atomic E-state index is 13.5. The number of β-lactam (4-membered cyclic amide) rings is 1. The number of anilines is 1. The summed E-state index contributed by atoms with van der Waals surface area (Å²) in [6, 6.07) is -0.295. The maximum Gasteiger partial charge on any atom is 0.350 e. The number of nitrogens with zero attached hydrogens (tertiary/aromatic N) is 5. The van der Waals surface area contributed by atoms with Gasteiger partial charge in [-0.15, -0.1) is 0 Å². The minimum Gasteiger partial charge on any atom is -0.504 e. The number of thiazole rings is 1. The zero-order chi connectivity index (χ0) is 40.1. The summed E-state index contributed by atoms with van der Waals surface area (Å²) < 4.78 is -0.0845. The van der Waals surface area contributed by atoms with Crippen LogP contribution in [0.5, 0.6) is 11.5 Å². The Balaban J connectivity index is 1.07. The van der Waals surface area contributed by atoms with Gasteiger partial charge >= 0.3 is 18.0 Å². The van der Waals surface area contributed by atoms with Crippen LogP contribution in [0.1, 0.15) is 35.3 Å². The Hall–Kier alpha value is -5.59. The highest BCUT2D eigenvalue weighted by molar-refractivity contribution is 8.02. The molecule has 4 heterocycles. The number of hydrogen-bond acceptors (Lipinski definition) is 16. The molecule has 0 bridgehead atoms. The first-order valence-corrected chi connectivity index (χ1v) is 18.2. The molecular weight excluding hydrogens is 817 g/mol. The van der Waals surface area contributed by atoms with Gasteiger partial charge in [0.15, 0.2) is 22.3 Å². The molecule has 4 aliphatic rings. The van der Waals surface area contributed by atoms with Crippen LogP contribution in [0.2, 0.25) is 9.36 Å². The zero-order valence-corrected chi connectivity index (χ0v) is 30.8. The van der Waals surface area contributed by atoms with E-state index in [1.807, 2.05) is 0 Å². The van der Waals surface area contributed by atoms with Gasteiger partial charge in [0.25, 0.3) is 17.6 Å². The lowest BCUT2D eigenvalue weighted by Gasteiger charge is -2.41. The Bertz CT molecular complexity index is 2100. The molecule has 3 atom stereocenters. The summed E-state index contributed by atoms with van der Waals surface area (Å²) in [7, 11) is 0. The summed E-state index contributed by atoms with van der Waals surface area (Å²) in [5, 5.41) is 46.6. The first-order chi connectivity index (χ1) is 25.9. The van der Waals surface area contributed by atoms with Gasteiger partial charge in [-0.25, -0.2) is 24.4 Å². The molecule has 22 nitrogen and oxygen atoms in total. The number of carboxylic acid groups (broad SMARTS) is 2. The minimum absolute atomic E-state index is 0.0533. The SMILES string of the molecule is Nc1nc(/C(=N/OC2(C(=O)O)CC2)C(=O)N[C@@H]2C(=O)N3C[C@@](C(=O)O)(N4CCN(NC(=O)CCNC(=O)C(=O)c5ccc(O)c(O)c5Cl)C4=O)SC23)c(Cl)s1. The van der Waals surface area contributed by atoms with Crippen molar-refractivity contribution < 1.29 is 63.6 Å². The molecule has 1 aromatic carbocycles.